The Morgan fingerprint density at radius 3 is 2.68 bits per heavy atom. The highest BCUT2D eigenvalue weighted by Crippen LogP contribution is 2.26. The van der Waals surface area contributed by atoms with Gasteiger partial charge in [0, 0.05) is 18.7 Å². The lowest BCUT2D eigenvalue weighted by atomic mass is 10.1. The molecule has 0 spiro atoms. The number of carbonyl (C=O) groups excluding carboxylic acids is 2. The number of rotatable bonds is 7. The lowest BCUT2D eigenvalue weighted by Gasteiger charge is -2.16. The zero-order valence-corrected chi connectivity index (χ0v) is 19.4. The van der Waals surface area contributed by atoms with Crippen LogP contribution in [0.3, 0.4) is 0 Å². The van der Waals surface area contributed by atoms with Crippen molar-refractivity contribution in [1.29, 1.82) is 0 Å². The molecule has 0 aromatic heterocycles. The van der Waals surface area contributed by atoms with Crippen LogP contribution in [0.2, 0.25) is 10.0 Å². The molecule has 1 aliphatic heterocycles. The van der Waals surface area contributed by atoms with Gasteiger partial charge in [0.15, 0.2) is 0 Å². The molecule has 34 heavy (non-hydrogen) atoms. The number of halogens is 3. The second-order valence-electron chi connectivity index (χ2n) is 7.73. The van der Waals surface area contributed by atoms with Crippen molar-refractivity contribution in [2.75, 3.05) is 11.4 Å². The second-order valence-corrected chi connectivity index (χ2v) is 8.54. The molecule has 3 aromatic carbocycles. The molecular weight excluding hydrogens is 480 g/mol. The van der Waals surface area contributed by atoms with Crippen LogP contribution in [0.25, 0.3) is 0 Å². The molecule has 1 N–H and O–H groups in total. The van der Waals surface area contributed by atoms with Crippen molar-refractivity contribution < 1.29 is 18.7 Å². The van der Waals surface area contributed by atoms with E-state index in [9.17, 15) is 14.0 Å². The van der Waals surface area contributed by atoms with Crippen LogP contribution in [-0.2, 0) is 16.2 Å². The first-order chi connectivity index (χ1) is 16.4. The summed E-state index contributed by atoms with van der Waals surface area (Å²) >= 11 is 12.0. The molecule has 2 amide bonds. The predicted molar refractivity (Wildman–Crippen MR) is 130 cm³/mol. The van der Waals surface area contributed by atoms with E-state index >= 15 is 0 Å². The molecular formula is C25H20Cl2FN3O3. The Hall–Kier alpha value is -3.42. The van der Waals surface area contributed by atoms with E-state index in [1.807, 2.05) is 24.3 Å². The molecule has 1 fully saturated rings. The third kappa shape index (κ3) is 5.92. The van der Waals surface area contributed by atoms with Gasteiger partial charge in [-0.1, -0.05) is 41.4 Å². The first-order valence-electron chi connectivity index (χ1n) is 10.4. The summed E-state index contributed by atoms with van der Waals surface area (Å²) in [7, 11) is 0. The van der Waals surface area contributed by atoms with Crippen molar-refractivity contribution in [3.63, 3.8) is 0 Å². The number of carbonyl (C=O) groups is 2. The fourth-order valence-corrected chi connectivity index (χ4v) is 3.82. The van der Waals surface area contributed by atoms with Crippen molar-refractivity contribution in [2.45, 2.75) is 13.0 Å². The Morgan fingerprint density at radius 2 is 1.91 bits per heavy atom. The second kappa shape index (κ2) is 10.7. The van der Waals surface area contributed by atoms with Gasteiger partial charge in [-0.25, -0.2) is 9.82 Å². The van der Waals surface area contributed by atoms with Crippen molar-refractivity contribution in [1.82, 2.24) is 5.43 Å². The minimum Gasteiger partial charge on any atom is -0.489 e. The van der Waals surface area contributed by atoms with Gasteiger partial charge < -0.3 is 9.64 Å². The van der Waals surface area contributed by atoms with E-state index in [4.69, 9.17) is 27.9 Å². The molecule has 0 unspecified atom stereocenters. The van der Waals surface area contributed by atoms with Crippen molar-refractivity contribution in [2.24, 2.45) is 11.0 Å². The van der Waals surface area contributed by atoms with Gasteiger partial charge in [-0.15, -0.1) is 0 Å². The van der Waals surface area contributed by atoms with E-state index < -0.39 is 5.92 Å². The highest BCUT2D eigenvalue weighted by Gasteiger charge is 2.35. The molecule has 0 radical (unpaired) electrons. The minimum atomic E-state index is -0.546. The number of hydrazone groups is 1. The van der Waals surface area contributed by atoms with Crippen LogP contribution >= 0.6 is 23.2 Å². The van der Waals surface area contributed by atoms with E-state index in [-0.39, 0.29) is 30.6 Å². The lowest BCUT2D eigenvalue weighted by molar-refractivity contribution is -0.126. The molecule has 3 aromatic rings. The highest BCUT2D eigenvalue weighted by molar-refractivity contribution is 6.42. The Labute approximate surface area is 205 Å². The largest absolute Gasteiger partial charge is 0.489 e. The Bertz CT molecular complexity index is 1230. The maximum Gasteiger partial charge on any atom is 0.245 e. The molecule has 4 rings (SSSR count). The van der Waals surface area contributed by atoms with Gasteiger partial charge >= 0.3 is 0 Å². The average Bonchev–Trinajstić information content (AvgIpc) is 3.22. The zero-order chi connectivity index (χ0) is 24.1. The summed E-state index contributed by atoms with van der Waals surface area (Å²) in [5.74, 6) is -0.861. The minimum absolute atomic E-state index is 0.0662. The summed E-state index contributed by atoms with van der Waals surface area (Å²) in [5, 5.41) is 4.95. The van der Waals surface area contributed by atoms with Crippen LogP contribution < -0.4 is 15.1 Å². The SMILES string of the molecule is O=C(N/N=C\c1cccc(OCc2ccc(Cl)c(Cl)c2)c1)[C@@H]1CC(=O)N(c2ccc(F)cc2)C1. The van der Waals surface area contributed by atoms with E-state index in [0.717, 1.165) is 11.1 Å². The van der Waals surface area contributed by atoms with Crippen molar-refractivity contribution >= 4 is 46.9 Å². The number of nitrogens with zero attached hydrogens (tertiary/aromatic N) is 2. The highest BCUT2D eigenvalue weighted by atomic mass is 35.5. The maximum absolute atomic E-state index is 13.1. The Morgan fingerprint density at radius 1 is 1.12 bits per heavy atom. The van der Waals surface area contributed by atoms with Gasteiger partial charge in [-0.05, 0) is 59.7 Å². The lowest BCUT2D eigenvalue weighted by Crippen LogP contribution is -2.30. The number of nitrogens with one attached hydrogen (secondary N) is 1. The Balaban J connectivity index is 1.30. The summed E-state index contributed by atoms with van der Waals surface area (Å²) in [4.78, 5) is 26.2. The van der Waals surface area contributed by atoms with Crippen LogP contribution in [0.4, 0.5) is 10.1 Å². The average molecular weight is 500 g/mol. The van der Waals surface area contributed by atoms with Gasteiger partial charge in [-0.3, -0.25) is 9.59 Å². The topological polar surface area (TPSA) is 71.0 Å². The predicted octanol–water partition coefficient (Wildman–Crippen LogP) is 5.21. The number of ether oxygens (including phenoxy) is 1. The number of anilines is 1. The molecule has 1 atom stereocenters. The summed E-state index contributed by atoms with van der Waals surface area (Å²) in [5.41, 5.74) is 4.65. The third-order valence-corrected chi connectivity index (χ3v) is 6.01. The van der Waals surface area contributed by atoms with E-state index in [2.05, 4.69) is 10.5 Å². The van der Waals surface area contributed by atoms with E-state index in [1.54, 1.807) is 18.2 Å². The maximum atomic E-state index is 13.1. The quantitative estimate of drug-likeness (QED) is 0.358. The van der Waals surface area contributed by atoms with Crippen molar-refractivity contribution in [3.8, 4) is 5.75 Å². The first kappa shape index (κ1) is 23.7. The van der Waals surface area contributed by atoms with Gasteiger partial charge in [-0.2, -0.15) is 5.10 Å². The van der Waals surface area contributed by atoms with Gasteiger partial charge in [0.25, 0.3) is 0 Å². The molecule has 0 aliphatic carbocycles. The summed E-state index contributed by atoms with van der Waals surface area (Å²) in [6.45, 7) is 0.526. The van der Waals surface area contributed by atoms with Crippen LogP contribution in [0, 0.1) is 11.7 Å². The third-order valence-electron chi connectivity index (χ3n) is 5.27. The molecule has 0 saturated carbocycles. The number of hydrogen-bond donors (Lipinski definition) is 1. The van der Waals surface area contributed by atoms with E-state index in [0.29, 0.717) is 28.1 Å². The summed E-state index contributed by atoms with van der Waals surface area (Å²) in [6.07, 6.45) is 1.56. The van der Waals surface area contributed by atoms with E-state index in [1.165, 1.54) is 35.4 Å². The standard InChI is InChI=1S/C25H20Cl2FN3O3/c26-22-9-4-17(11-23(22)27)15-34-21-3-1-2-16(10-21)13-29-30-25(33)18-12-24(32)31(14-18)20-7-5-19(28)6-8-20/h1-11,13,18H,12,14-15H2,(H,30,33)/b29-13-/t18-/m1/s1. The monoisotopic (exact) mass is 499 g/mol. The zero-order valence-electron chi connectivity index (χ0n) is 17.9. The molecule has 6 nitrogen and oxygen atoms in total. The Kier molecular flexibility index (Phi) is 7.45. The fourth-order valence-electron chi connectivity index (χ4n) is 3.50. The van der Waals surface area contributed by atoms with Gasteiger partial charge in [0.1, 0.15) is 18.2 Å². The molecule has 1 saturated heterocycles. The first-order valence-corrected chi connectivity index (χ1v) is 11.2. The molecule has 1 aliphatic rings. The summed E-state index contributed by atoms with van der Waals surface area (Å²) < 4.78 is 18.9. The molecule has 0 bridgehead atoms. The number of amides is 2. The molecule has 174 valence electrons. The summed E-state index contributed by atoms with van der Waals surface area (Å²) in [6, 6.07) is 18.1. The van der Waals surface area contributed by atoms with Crippen LogP contribution in [0.5, 0.6) is 5.75 Å². The van der Waals surface area contributed by atoms with Crippen molar-refractivity contribution in [3.05, 3.63) is 93.7 Å². The molecule has 1 heterocycles. The van der Waals surface area contributed by atoms with Gasteiger partial charge in [0.2, 0.25) is 11.8 Å². The number of hydrogen-bond acceptors (Lipinski definition) is 4. The normalized spacial score (nSPS) is 15.7. The van der Waals surface area contributed by atoms with Crippen LogP contribution in [-0.4, -0.2) is 24.6 Å². The van der Waals surface area contributed by atoms with Gasteiger partial charge in [0.05, 0.1) is 22.2 Å². The smallest absolute Gasteiger partial charge is 0.245 e. The fraction of sp³-hybridized carbons (Fsp3) is 0.160. The van der Waals surface area contributed by atoms with Crippen LogP contribution in [0.1, 0.15) is 17.5 Å². The van der Waals surface area contributed by atoms with Crippen LogP contribution in [0.15, 0.2) is 71.8 Å². The number of benzene rings is 3. The molecule has 9 heteroatoms.